The number of alkyl halides is 3. The fourth-order valence-corrected chi connectivity index (χ4v) is 3.59. The normalized spacial score (nSPS) is 12.0. The number of hydrogen-bond acceptors (Lipinski definition) is 2. The highest BCUT2D eigenvalue weighted by molar-refractivity contribution is 6.17. The summed E-state index contributed by atoms with van der Waals surface area (Å²) in [5.41, 5.74) is 6.36. The van der Waals surface area contributed by atoms with Crippen LogP contribution in [0.1, 0.15) is 27.0 Å². The number of nitrogens with zero attached hydrogens (tertiary/aromatic N) is 1. The van der Waals surface area contributed by atoms with Crippen molar-refractivity contribution in [2.24, 2.45) is 5.73 Å². The highest BCUT2D eigenvalue weighted by Crippen LogP contribution is 2.34. The molecule has 153 valence electrons. The van der Waals surface area contributed by atoms with Gasteiger partial charge in [0.2, 0.25) is 5.91 Å². The highest BCUT2D eigenvalue weighted by Gasteiger charge is 2.31. The second-order valence-corrected chi connectivity index (χ2v) is 6.88. The number of fused-ring (bicyclic) bond motifs is 3. The fourth-order valence-electron chi connectivity index (χ4n) is 3.59. The molecule has 0 unspecified atom stereocenters. The monoisotopic (exact) mass is 415 g/mol. The van der Waals surface area contributed by atoms with Crippen LogP contribution in [0.5, 0.6) is 0 Å². The summed E-state index contributed by atoms with van der Waals surface area (Å²) in [6, 6.07) is 13.5. The number of nitrogens with two attached hydrogens (primary N) is 1. The maximum absolute atomic E-state index is 14.5. The Hall–Kier alpha value is -3.39. The van der Waals surface area contributed by atoms with E-state index in [1.54, 1.807) is 34.9 Å². The van der Waals surface area contributed by atoms with Crippen LogP contribution in [-0.4, -0.2) is 15.6 Å². The lowest BCUT2D eigenvalue weighted by atomic mass is 10.0. The van der Waals surface area contributed by atoms with Gasteiger partial charge in [-0.15, -0.1) is 0 Å². The second kappa shape index (κ2) is 7.14. The quantitative estimate of drug-likeness (QED) is 0.486. The topological polar surface area (TPSA) is 68.2 Å². The molecule has 0 spiro atoms. The van der Waals surface area contributed by atoms with E-state index in [1.165, 1.54) is 0 Å². The lowest BCUT2D eigenvalue weighted by Crippen LogP contribution is -2.11. The SMILES string of the molecule is NC(=O)c1cccc2c1c1[c]cc(CO)cc1n2Cc1ccc(C(F)(F)F)cc1F. The third-order valence-corrected chi connectivity index (χ3v) is 5.01. The number of hydrogen-bond donors (Lipinski definition) is 2. The van der Waals surface area contributed by atoms with E-state index in [2.05, 4.69) is 6.07 Å². The van der Waals surface area contributed by atoms with Gasteiger partial charge in [0.15, 0.2) is 0 Å². The van der Waals surface area contributed by atoms with E-state index >= 15 is 0 Å². The van der Waals surface area contributed by atoms with Gasteiger partial charge in [-0.25, -0.2) is 4.39 Å². The van der Waals surface area contributed by atoms with Gasteiger partial charge in [-0.05, 0) is 48.0 Å². The van der Waals surface area contributed by atoms with Gasteiger partial charge in [0.05, 0.1) is 29.7 Å². The molecule has 0 bridgehead atoms. The largest absolute Gasteiger partial charge is 0.416 e. The van der Waals surface area contributed by atoms with Crippen molar-refractivity contribution < 1.29 is 27.5 Å². The molecule has 30 heavy (non-hydrogen) atoms. The number of aliphatic hydroxyl groups is 1. The van der Waals surface area contributed by atoms with Crippen LogP contribution < -0.4 is 5.73 Å². The molecule has 4 rings (SSSR count). The molecule has 8 heteroatoms. The molecule has 1 aromatic heterocycles. The van der Waals surface area contributed by atoms with Crippen molar-refractivity contribution in [1.82, 2.24) is 4.57 Å². The van der Waals surface area contributed by atoms with Crippen molar-refractivity contribution in [3.8, 4) is 0 Å². The molecular formula is C22H15F4N2O2. The first-order valence-corrected chi connectivity index (χ1v) is 8.92. The molecule has 3 aromatic carbocycles. The van der Waals surface area contributed by atoms with Crippen LogP contribution in [0, 0.1) is 11.9 Å². The fraction of sp³-hybridized carbons (Fsp3) is 0.136. The third kappa shape index (κ3) is 3.29. The molecule has 1 radical (unpaired) electrons. The van der Waals surface area contributed by atoms with Gasteiger partial charge in [-0.2, -0.15) is 13.2 Å². The summed E-state index contributed by atoms with van der Waals surface area (Å²) in [7, 11) is 0. The van der Waals surface area contributed by atoms with Crippen molar-refractivity contribution in [2.45, 2.75) is 19.3 Å². The zero-order valence-electron chi connectivity index (χ0n) is 15.4. The Balaban J connectivity index is 1.96. The standard InChI is InChI=1S/C22H15F4N2O2/c23-17-9-14(22(24,25)26)6-5-13(17)10-28-18-3-1-2-16(21(27)30)20(18)15-7-4-12(11-29)8-19(15)28/h1-6,8-9,29H,10-11H2,(H2,27,30). The summed E-state index contributed by atoms with van der Waals surface area (Å²) in [4.78, 5) is 11.9. The smallest absolute Gasteiger partial charge is 0.392 e. The maximum Gasteiger partial charge on any atom is 0.416 e. The highest BCUT2D eigenvalue weighted by atomic mass is 19.4. The van der Waals surface area contributed by atoms with Gasteiger partial charge < -0.3 is 15.4 Å². The minimum absolute atomic E-state index is 0.0423. The van der Waals surface area contributed by atoms with E-state index in [-0.39, 0.29) is 24.3 Å². The number of halogens is 4. The average molecular weight is 415 g/mol. The number of aromatic nitrogens is 1. The lowest BCUT2D eigenvalue weighted by Gasteiger charge is -2.12. The zero-order chi connectivity index (χ0) is 21.6. The van der Waals surface area contributed by atoms with Crippen molar-refractivity contribution in [3.63, 3.8) is 0 Å². The average Bonchev–Trinajstić information content (AvgIpc) is 3.01. The van der Waals surface area contributed by atoms with Crippen molar-refractivity contribution in [1.29, 1.82) is 0 Å². The van der Waals surface area contributed by atoms with E-state index in [1.807, 2.05) is 0 Å². The number of carbonyl (C=O) groups excluding carboxylic acids is 1. The lowest BCUT2D eigenvalue weighted by molar-refractivity contribution is -0.137. The number of carbonyl (C=O) groups is 1. The Bertz CT molecular complexity index is 1290. The Labute approximate surface area is 168 Å². The maximum atomic E-state index is 14.5. The molecule has 1 heterocycles. The molecule has 0 fully saturated rings. The summed E-state index contributed by atoms with van der Waals surface area (Å²) >= 11 is 0. The second-order valence-electron chi connectivity index (χ2n) is 6.88. The molecule has 0 aliphatic rings. The van der Waals surface area contributed by atoms with E-state index < -0.39 is 23.5 Å². The molecule has 0 saturated carbocycles. The summed E-state index contributed by atoms with van der Waals surface area (Å²) in [6.45, 7) is -0.347. The zero-order valence-corrected chi connectivity index (χ0v) is 15.4. The summed E-state index contributed by atoms with van der Waals surface area (Å²) in [5, 5.41) is 10.5. The Kier molecular flexibility index (Phi) is 4.74. The molecule has 3 N–H and O–H groups in total. The van der Waals surface area contributed by atoms with Crippen molar-refractivity contribution >= 4 is 27.7 Å². The van der Waals surface area contributed by atoms with Crippen LogP contribution in [0.15, 0.2) is 48.5 Å². The van der Waals surface area contributed by atoms with Crippen LogP contribution in [0.4, 0.5) is 17.6 Å². The Morgan fingerprint density at radius 3 is 2.53 bits per heavy atom. The van der Waals surface area contributed by atoms with Gasteiger partial charge in [-0.1, -0.05) is 12.1 Å². The molecule has 4 aromatic rings. The molecule has 1 amide bonds. The van der Waals surface area contributed by atoms with Gasteiger partial charge in [-0.3, -0.25) is 4.79 Å². The van der Waals surface area contributed by atoms with Gasteiger partial charge >= 0.3 is 6.18 Å². The van der Waals surface area contributed by atoms with Gasteiger partial charge in [0.25, 0.3) is 0 Å². The van der Waals surface area contributed by atoms with E-state index in [9.17, 15) is 27.5 Å². The van der Waals surface area contributed by atoms with Crippen molar-refractivity contribution in [3.05, 3.63) is 82.7 Å². The third-order valence-electron chi connectivity index (χ3n) is 5.01. The number of amides is 1. The van der Waals surface area contributed by atoms with Gasteiger partial charge in [0.1, 0.15) is 5.82 Å². The number of aliphatic hydroxyl groups excluding tert-OH is 1. The summed E-state index contributed by atoms with van der Waals surface area (Å²) < 4.78 is 54.7. The van der Waals surface area contributed by atoms with Crippen LogP contribution in [0.3, 0.4) is 0 Å². The molecule has 0 atom stereocenters. The summed E-state index contributed by atoms with van der Waals surface area (Å²) in [6.07, 6.45) is -4.65. The Morgan fingerprint density at radius 1 is 1.13 bits per heavy atom. The number of primary amides is 1. The van der Waals surface area contributed by atoms with Gasteiger partial charge in [0, 0.05) is 21.9 Å². The van der Waals surface area contributed by atoms with E-state index in [0.717, 1.165) is 12.1 Å². The van der Waals surface area contributed by atoms with E-state index in [0.29, 0.717) is 33.4 Å². The summed E-state index contributed by atoms with van der Waals surface area (Å²) in [5.74, 6) is -1.65. The molecule has 0 aliphatic carbocycles. The predicted octanol–water partition coefficient (Wildman–Crippen LogP) is 4.39. The molecule has 4 nitrogen and oxygen atoms in total. The predicted molar refractivity (Wildman–Crippen MR) is 103 cm³/mol. The van der Waals surface area contributed by atoms with Crippen LogP contribution in [0.2, 0.25) is 0 Å². The molecular weight excluding hydrogens is 400 g/mol. The van der Waals surface area contributed by atoms with E-state index in [4.69, 9.17) is 5.73 Å². The first-order chi connectivity index (χ1) is 14.2. The molecule has 0 saturated heterocycles. The number of rotatable bonds is 4. The van der Waals surface area contributed by atoms with Crippen LogP contribution in [0.25, 0.3) is 21.8 Å². The Morgan fingerprint density at radius 2 is 1.90 bits per heavy atom. The van der Waals surface area contributed by atoms with Crippen LogP contribution >= 0.6 is 0 Å². The minimum Gasteiger partial charge on any atom is -0.392 e. The first kappa shape index (κ1) is 19.9. The molecule has 0 aliphatic heterocycles. The van der Waals surface area contributed by atoms with Crippen molar-refractivity contribution in [2.75, 3.05) is 0 Å². The minimum atomic E-state index is -4.65. The first-order valence-electron chi connectivity index (χ1n) is 8.92. The van der Waals surface area contributed by atoms with Crippen LogP contribution in [-0.2, 0) is 19.3 Å². The number of benzene rings is 3.